The number of unbranched alkanes of at least 4 members (excludes halogenated alkanes) is 10. The largest absolute Gasteiger partial charge is 0.392 e. The molecule has 0 spiro atoms. The van der Waals surface area contributed by atoms with Crippen LogP contribution in [0.25, 0.3) is 0 Å². The van der Waals surface area contributed by atoms with Crippen molar-refractivity contribution in [3.63, 3.8) is 0 Å². The van der Waals surface area contributed by atoms with Crippen LogP contribution in [0.2, 0.25) is 0 Å². The van der Waals surface area contributed by atoms with E-state index in [2.05, 4.69) is 36.2 Å². The Hall–Kier alpha value is -2.25. The molecule has 6 heteroatoms. The standard InChI is InChI=1S/C36H56N2O4/c1-4-6-8-10-12-14-23-38(24-15-13-11-9-7-5-2)27-34-26-35(31-21-19-30(28-39)20-22-31)42-36(41-34)32-17-16-18-33(25-32)37-29(3)40/h16-22,25,34-36,39H,4-15,23-24,26-28H2,1-3H3,(H,37,40). The number of aliphatic hydroxyl groups is 1. The van der Waals surface area contributed by atoms with E-state index in [0.717, 1.165) is 48.4 Å². The lowest BCUT2D eigenvalue weighted by atomic mass is 9.99. The van der Waals surface area contributed by atoms with Gasteiger partial charge in [-0.3, -0.25) is 4.79 Å². The molecule has 1 saturated heterocycles. The number of hydrogen-bond donors (Lipinski definition) is 2. The molecule has 234 valence electrons. The molecular formula is C36H56N2O4. The number of carbonyl (C=O) groups is 1. The third-order valence-corrected chi connectivity index (χ3v) is 8.21. The third-order valence-electron chi connectivity index (χ3n) is 8.21. The van der Waals surface area contributed by atoms with Gasteiger partial charge in [-0.25, -0.2) is 0 Å². The zero-order valence-corrected chi connectivity index (χ0v) is 26.5. The van der Waals surface area contributed by atoms with E-state index in [1.165, 1.54) is 84.0 Å². The number of ether oxygens (including phenoxy) is 2. The molecule has 6 nitrogen and oxygen atoms in total. The van der Waals surface area contributed by atoms with E-state index in [4.69, 9.17) is 9.47 Å². The van der Waals surface area contributed by atoms with Gasteiger partial charge in [-0.05, 0) is 49.2 Å². The minimum Gasteiger partial charge on any atom is -0.392 e. The number of carbonyl (C=O) groups excluding carboxylic acids is 1. The number of nitrogens with one attached hydrogen (secondary N) is 1. The molecule has 2 N–H and O–H groups in total. The molecule has 42 heavy (non-hydrogen) atoms. The lowest BCUT2D eigenvalue weighted by Gasteiger charge is -2.38. The Kier molecular flexibility index (Phi) is 16.2. The van der Waals surface area contributed by atoms with Gasteiger partial charge in [0, 0.05) is 31.1 Å². The Morgan fingerprint density at radius 3 is 2.05 bits per heavy atom. The van der Waals surface area contributed by atoms with Crippen LogP contribution in [-0.4, -0.2) is 41.7 Å². The fraction of sp³-hybridized carbons (Fsp3) is 0.639. The van der Waals surface area contributed by atoms with Crippen molar-refractivity contribution in [3.8, 4) is 0 Å². The van der Waals surface area contributed by atoms with Crippen LogP contribution in [0.1, 0.15) is 133 Å². The fourth-order valence-electron chi connectivity index (χ4n) is 5.81. The molecule has 0 bridgehead atoms. The fourth-order valence-corrected chi connectivity index (χ4v) is 5.81. The average Bonchev–Trinajstić information content (AvgIpc) is 3.00. The zero-order valence-electron chi connectivity index (χ0n) is 26.5. The van der Waals surface area contributed by atoms with Gasteiger partial charge >= 0.3 is 0 Å². The molecule has 1 fully saturated rings. The number of rotatable bonds is 20. The summed E-state index contributed by atoms with van der Waals surface area (Å²) in [5, 5.41) is 12.4. The minimum absolute atomic E-state index is 0.0240. The second-order valence-corrected chi connectivity index (χ2v) is 12.0. The number of anilines is 1. The van der Waals surface area contributed by atoms with Crippen LogP contribution in [0.3, 0.4) is 0 Å². The highest BCUT2D eigenvalue weighted by Crippen LogP contribution is 2.38. The molecular weight excluding hydrogens is 524 g/mol. The van der Waals surface area contributed by atoms with Crippen LogP contribution in [-0.2, 0) is 20.9 Å². The van der Waals surface area contributed by atoms with Crippen LogP contribution in [0.15, 0.2) is 48.5 Å². The highest BCUT2D eigenvalue weighted by molar-refractivity contribution is 5.88. The van der Waals surface area contributed by atoms with Crippen LogP contribution in [0, 0.1) is 0 Å². The van der Waals surface area contributed by atoms with E-state index in [0.29, 0.717) is 0 Å². The summed E-state index contributed by atoms with van der Waals surface area (Å²) in [5.41, 5.74) is 3.64. The van der Waals surface area contributed by atoms with Crippen LogP contribution < -0.4 is 5.32 Å². The molecule has 2 aromatic rings. The maximum absolute atomic E-state index is 11.7. The van der Waals surface area contributed by atoms with Gasteiger partial charge in [0.1, 0.15) is 0 Å². The average molecular weight is 581 g/mol. The van der Waals surface area contributed by atoms with Crippen molar-refractivity contribution in [2.45, 2.75) is 129 Å². The van der Waals surface area contributed by atoms with E-state index in [9.17, 15) is 9.90 Å². The summed E-state index contributed by atoms with van der Waals surface area (Å²) in [7, 11) is 0. The first-order chi connectivity index (χ1) is 20.5. The monoisotopic (exact) mass is 580 g/mol. The molecule has 0 aromatic heterocycles. The smallest absolute Gasteiger partial charge is 0.221 e. The highest BCUT2D eigenvalue weighted by Gasteiger charge is 2.33. The first kappa shape index (κ1) is 34.2. The van der Waals surface area contributed by atoms with Gasteiger partial charge in [0.05, 0.1) is 18.8 Å². The quantitative estimate of drug-likeness (QED) is 0.153. The molecule has 2 aromatic carbocycles. The highest BCUT2D eigenvalue weighted by atomic mass is 16.7. The van der Waals surface area contributed by atoms with Crippen molar-refractivity contribution < 1.29 is 19.4 Å². The Balaban J connectivity index is 1.72. The molecule has 3 unspecified atom stereocenters. The molecule has 3 rings (SSSR count). The van der Waals surface area contributed by atoms with Gasteiger partial charge in [0.25, 0.3) is 0 Å². The van der Waals surface area contributed by atoms with Crippen LogP contribution >= 0.6 is 0 Å². The summed E-state index contributed by atoms with van der Waals surface area (Å²) < 4.78 is 13.2. The van der Waals surface area contributed by atoms with Gasteiger partial charge in [-0.1, -0.05) is 114 Å². The van der Waals surface area contributed by atoms with Crippen molar-refractivity contribution in [1.82, 2.24) is 4.90 Å². The molecule has 1 aliphatic rings. The summed E-state index contributed by atoms with van der Waals surface area (Å²) in [6.45, 7) is 9.20. The van der Waals surface area contributed by atoms with Gasteiger partial charge in [-0.2, -0.15) is 0 Å². The van der Waals surface area contributed by atoms with E-state index in [1.54, 1.807) is 0 Å². The Morgan fingerprint density at radius 2 is 1.45 bits per heavy atom. The SMILES string of the molecule is CCCCCCCCN(CCCCCCCC)CC1CC(c2ccc(CO)cc2)OC(c2cccc(NC(C)=O)c2)O1. The summed E-state index contributed by atoms with van der Waals surface area (Å²) >= 11 is 0. The van der Waals surface area contributed by atoms with Crippen molar-refractivity contribution in [1.29, 1.82) is 0 Å². The Morgan fingerprint density at radius 1 is 0.833 bits per heavy atom. The van der Waals surface area contributed by atoms with Crippen molar-refractivity contribution >= 4 is 11.6 Å². The third kappa shape index (κ3) is 12.5. The maximum atomic E-state index is 11.7. The summed E-state index contributed by atoms with van der Waals surface area (Å²) in [4.78, 5) is 14.3. The Bertz CT molecular complexity index is 996. The lowest BCUT2D eigenvalue weighted by molar-refractivity contribution is -0.253. The lowest BCUT2D eigenvalue weighted by Crippen LogP contribution is -2.40. The maximum Gasteiger partial charge on any atom is 0.221 e. The van der Waals surface area contributed by atoms with Crippen molar-refractivity contribution in [2.24, 2.45) is 0 Å². The molecule has 1 amide bonds. The summed E-state index contributed by atoms with van der Waals surface area (Å²) in [5.74, 6) is -0.0996. The van der Waals surface area contributed by atoms with Crippen LogP contribution in [0.4, 0.5) is 5.69 Å². The molecule has 1 heterocycles. The number of benzene rings is 2. The van der Waals surface area contributed by atoms with E-state index in [-0.39, 0.29) is 24.7 Å². The molecule has 0 aliphatic carbocycles. The van der Waals surface area contributed by atoms with E-state index < -0.39 is 6.29 Å². The summed E-state index contributed by atoms with van der Waals surface area (Å²) in [6, 6.07) is 15.9. The Labute approximate surface area is 255 Å². The zero-order chi connectivity index (χ0) is 30.0. The minimum atomic E-state index is -0.523. The predicted molar refractivity (Wildman–Crippen MR) is 172 cm³/mol. The second kappa shape index (κ2) is 19.8. The van der Waals surface area contributed by atoms with Crippen molar-refractivity contribution in [3.05, 3.63) is 65.2 Å². The van der Waals surface area contributed by atoms with Gasteiger partial charge in [0.2, 0.25) is 5.91 Å². The molecule has 0 saturated carbocycles. The van der Waals surface area contributed by atoms with Gasteiger partial charge < -0.3 is 24.8 Å². The first-order valence-corrected chi connectivity index (χ1v) is 16.6. The van der Waals surface area contributed by atoms with E-state index in [1.807, 2.05) is 36.4 Å². The number of aliphatic hydroxyl groups excluding tert-OH is 1. The molecule has 3 atom stereocenters. The summed E-state index contributed by atoms with van der Waals surface area (Å²) in [6.07, 6.45) is 15.8. The first-order valence-electron chi connectivity index (χ1n) is 16.6. The number of amides is 1. The molecule has 0 radical (unpaired) electrons. The second-order valence-electron chi connectivity index (χ2n) is 12.0. The number of hydrogen-bond acceptors (Lipinski definition) is 5. The number of nitrogens with zero attached hydrogens (tertiary/aromatic N) is 1. The topological polar surface area (TPSA) is 71.0 Å². The molecule has 1 aliphatic heterocycles. The predicted octanol–water partition coefficient (Wildman–Crippen LogP) is 8.71. The van der Waals surface area contributed by atoms with Gasteiger partial charge in [0.15, 0.2) is 6.29 Å². The van der Waals surface area contributed by atoms with Crippen molar-refractivity contribution in [2.75, 3.05) is 25.0 Å². The van der Waals surface area contributed by atoms with E-state index >= 15 is 0 Å². The normalized spacial score (nSPS) is 18.8. The van der Waals surface area contributed by atoms with Crippen LogP contribution in [0.5, 0.6) is 0 Å². The van der Waals surface area contributed by atoms with Gasteiger partial charge in [-0.15, -0.1) is 0 Å².